The molecule has 0 atom stereocenters. The number of nitrogens with zero attached hydrogens (tertiary/aromatic N) is 2. The van der Waals surface area contributed by atoms with E-state index < -0.39 is 5.82 Å². The van der Waals surface area contributed by atoms with E-state index in [1.165, 1.54) is 6.07 Å². The molecule has 20 heavy (non-hydrogen) atoms. The summed E-state index contributed by atoms with van der Waals surface area (Å²) >= 11 is 9.34. The first-order chi connectivity index (χ1) is 9.54. The van der Waals surface area contributed by atoms with E-state index in [1.54, 1.807) is 18.5 Å². The van der Waals surface area contributed by atoms with E-state index in [9.17, 15) is 4.39 Å². The Morgan fingerprint density at radius 1 is 1.30 bits per heavy atom. The molecule has 102 valence electrons. The summed E-state index contributed by atoms with van der Waals surface area (Å²) in [5, 5.41) is 0.143. The van der Waals surface area contributed by atoms with Crippen LogP contribution in [0.25, 0.3) is 11.0 Å². The Balaban J connectivity index is 2.04. The highest BCUT2D eigenvalue weighted by Crippen LogP contribution is 2.25. The van der Waals surface area contributed by atoms with Crippen LogP contribution in [0.5, 0.6) is 0 Å². The zero-order chi connectivity index (χ0) is 14.3. The summed E-state index contributed by atoms with van der Waals surface area (Å²) in [4.78, 5) is 4.40. The standard InChI is InChI=1S/C15H11BrClFN2/c1-9-4-11(16)15-14(5-9)20(8-19-15)7-10-2-3-13(18)12(17)6-10/h2-6,8H,7H2,1H3. The van der Waals surface area contributed by atoms with E-state index >= 15 is 0 Å². The average molecular weight is 354 g/mol. The minimum atomic E-state index is -0.399. The highest BCUT2D eigenvalue weighted by atomic mass is 79.9. The van der Waals surface area contributed by atoms with Gasteiger partial charge >= 0.3 is 0 Å². The third-order valence-corrected chi connectivity index (χ3v) is 4.05. The lowest BCUT2D eigenvalue weighted by Gasteiger charge is -2.06. The molecule has 0 fully saturated rings. The normalized spacial score (nSPS) is 11.2. The fourth-order valence-corrected chi connectivity index (χ4v) is 3.08. The molecule has 0 amide bonds. The van der Waals surface area contributed by atoms with Crippen molar-refractivity contribution in [1.82, 2.24) is 9.55 Å². The van der Waals surface area contributed by atoms with Crippen LogP contribution in [0.15, 0.2) is 41.1 Å². The van der Waals surface area contributed by atoms with Gasteiger partial charge in [0.25, 0.3) is 0 Å². The van der Waals surface area contributed by atoms with Crippen molar-refractivity contribution < 1.29 is 4.39 Å². The Kier molecular flexibility index (Phi) is 3.52. The number of hydrogen-bond donors (Lipinski definition) is 0. The van der Waals surface area contributed by atoms with Gasteiger partial charge in [-0.1, -0.05) is 17.7 Å². The lowest BCUT2D eigenvalue weighted by atomic mass is 10.2. The first-order valence-electron chi connectivity index (χ1n) is 6.09. The van der Waals surface area contributed by atoms with E-state index in [1.807, 2.05) is 17.6 Å². The second kappa shape index (κ2) is 5.19. The van der Waals surface area contributed by atoms with Crippen LogP contribution >= 0.6 is 27.5 Å². The van der Waals surface area contributed by atoms with Crippen molar-refractivity contribution in [2.45, 2.75) is 13.5 Å². The van der Waals surface area contributed by atoms with Crippen LogP contribution in [0.4, 0.5) is 4.39 Å². The van der Waals surface area contributed by atoms with Crippen LogP contribution in [-0.4, -0.2) is 9.55 Å². The summed E-state index contributed by atoms with van der Waals surface area (Å²) in [5.74, 6) is -0.399. The Morgan fingerprint density at radius 3 is 2.85 bits per heavy atom. The second-order valence-electron chi connectivity index (χ2n) is 4.74. The van der Waals surface area contributed by atoms with Crippen LogP contribution in [0.1, 0.15) is 11.1 Å². The quantitative estimate of drug-likeness (QED) is 0.637. The molecule has 1 heterocycles. The van der Waals surface area contributed by atoms with Gasteiger partial charge in [0.2, 0.25) is 0 Å². The maximum atomic E-state index is 13.2. The maximum Gasteiger partial charge on any atom is 0.141 e. The zero-order valence-corrected chi connectivity index (χ0v) is 13.0. The molecule has 1 aromatic heterocycles. The first kappa shape index (κ1) is 13.6. The van der Waals surface area contributed by atoms with E-state index in [-0.39, 0.29) is 5.02 Å². The number of benzene rings is 2. The first-order valence-corrected chi connectivity index (χ1v) is 7.26. The highest BCUT2D eigenvalue weighted by Gasteiger charge is 2.08. The van der Waals surface area contributed by atoms with Gasteiger partial charge in [-0.3, -0.25) is 0 Å². The molecule has 5 heteroatoms. The molecule has 0 bridgehead atoms. The van der Waals surface area contributed by atoms with Crippen molar-refractivity contribution in [2.75, 3.05) is 0 Å². The van der Waals surface area contributed by atoms with Crippen LogP contribution in [0, 0.1) is 12.7 Å². The number of imidazole rings is 1. The van der Waals surface area contributed by atoms with E-state index in [2.05, 4.69) is 27.0 Å². The molecule has 0 aliphatic rings. The number of halogens is 3. The highest BCUT2D eigenvalue weighted by molar-refractivity contribution is 9.10. The monoisotopic (exact) mass is 352 g/mol. The predicted molar refractivity (Wildman–Crippen MR) is 82.7 cm³/mol. The number of aryl methyl sites for hydroxylation is 1. The summed E-state index contributed by atoms with van der Waals surface area (Å²) in [6.07, 6.45) is 1.78. The molecule has 3 rings (SSSR count). The molecule has 0 aliphatic heterocycles. The second-order valence-corrected chi connectivity index (χ2v) is 6.00. The summed E-state index contributed by atoms with van der Waals surface area (Å²) < 4.78 is 16.2. The third-order valence-electron chi connectivity index (χ3n) is 3.16. The smallest absolute Gasteiger partial charge is 0.141 e. The van der Waals surface area contributed by atoms with Gasteiger partial charge in [-0.05, 0) is 58.2 Å². The lowest BCUT2D eigenvalue weighted by molar-refractivity contribution is 0.627. The molecule has 0 saturated carbocycles. The molecule has 2 aromatic carbocycles. The summed E-state index contributed by atoms with van der Waals surface area (Å²) in [5.41, 5.74) is 4.05. The van der Waals surface area contributed by atoms with Crippen molar-refractivity contribution in [1.29, 1.82) is 0 Å². The Morgan fingerprint density at radius 2 is 2.10 bits per heavy atom. The molecular weight excluding hydrogens is 343 g/mol. The maximum absolute atomic E-state index is 13.2. The Bertz CT molecular complexity index is 798. The van der Waals surface area contributed by atoms with Gasteiger partial charge in [0.1, 0.15) is 11.3 Å². The average Bonchev–Trinajstić information content (AvgIpc) is 2.77. The van der Waals surface area contributed by atoms with Crippen LogP contribution in [-0.2, 0) is 6.54 Å². The van der Waals surface area contributed by atoms with Gasteiger partial charge in [-0.2, -0.15) is 0 Å². The Hall–Kier alpha value is -1.39. The van der Waals surface area contributed by atoms with Crippen molar-refractivity contribution in [3.05, 3.63) is 63.1 Å². The van der Waals surface area contributed by atoms with Crippen LogP contribution in [0.2, 0.25) is 5.02 Å². The van der Waals surface area contributed by atoms with E-state index in [0.717, 1.165) is 26.6 Å². The summed E-state index contributed by atoms with van der Waals surface area (Å²) in [6, 6.07) is 8.88. The molecular formula is C15H11BrClFN2. The van der Waals surface area contributed by atoms with Gasteiger partial charge < -0.3 is 4.57 Å². The van der Waals surface area contributed by atoms with E-state index in [0.29, 0.717) is 6.54 Å². The fraction of sp³-hybridized carbons (Fsp3) is 0.133. The minimum Gasteiger partial charge on any atom is -0.326 e. The zero-order valence-electron chi connectivity index (χ0n) is 10.7. The van der Waals surface area contributed by atoms with Gasteiger partial charge in [-0.25, -0.2) is 9.37 Å². The molecule has 0 saturated heterocycles. The van der Waals surface area contributed by atoms with Gasteiger partial charge in [0.15, 0.2) is 0 Å². The van der Waals surface area contributed by atoms with E-state index in [4.69, 9.17) is 11.6 Å². The predicted octanol–water partition coefficient (Wildman–Crippen LogP) is 4.95. The van der Waals surface area contributed by atoms with Crippen molar-refractivity contribution >= 4 is 38.6 Å². The SMILES string of the molecule is Cc1cc(Br)c2ncn(Cc3ccc(F)c(Cl)c3)c2c1. The molecule has 0 spiro atoms. The van der Waals surface area contributed by atoms with Gasteiger partial charge in [0, 0.05) is 11.0 Å². The Labute approximate surface area is 129 Å². The third kappa shape index (κ3) is 2.45. The van der Waals surface area contributed by atoms with Crippen LogP contribution in [0.3, 0.4) is 0 Å². The largest absolute Gasteiger partial charge is 0.326 e. The molecule has 0 radical (unpaired) electrons. The van der Waals surface area contributed by atoms with Crippen LogP contribution < -0.4 is 0 Å². The number of hydrogen-bond acceptors (Lipinski definition) is 1. The number of aromatic nitrogens is 2. The molecule has 0 N–H and O–H groups in total. The molecule has 0 unspecified atom stereocenters. The fourth-order valence-electron chi connectivity index (χ4n) is 2.21. The van der Waals surface area contributed by atoms with Gasteiger partial charge in [-0.15, -0.1) is 0 Å². The summed E-state index contributed by atoms with van der Waals surface area (Å²) in [6.45, 7) is 2.64. The number of rotatable bonds is 2. The molecule has 2 nitrogen and oxygen atoms in total. The molecule has 3 aromatic rings. The van der Waals surface area contributed by atoms with Gasteiger partial charge in [0.05, 0.1) is 16.9 Å². The molecule has 0 aliphatic carbocycles. The number of fused-ring (bicyclic) bond motifs is 1. The lowest BCUT2D eigenvalue weighted by Crippen LogP contribution is -1.98. The minimum absolute atomic E-state index is 0.143. The summed E-state index contributed by atoms with van der Waals surface area (Å²) in [7, 11) is 0. The van der Waals surface area contributed by atoms with Crippen molar-refractivity contribution in [3.63, 3.8) is 0 Å². The topological polar surface area (TPSA) is 17.8 Å². The van der Waals surface area contributed by atoms with Crippen molar-refractivity contribution in [2.24, 2.45) is 0 Å². The van der Waals surface area contributed by atoms with Crippen molar-refractivity contribution in [3.8, 4) is 0 Å².